The number of halogens is 1. The van der Waals surface area contributed by atoms with Crippen LogP contribution in [-0.2, 0) is 6.54 Å². The number of benzene rings is 2. The summed E-state index contributed by atoms with van der Waals surface area (Å²) in [7, 11) is 0. The van der Waals surface area contributed by atoms with Gasteiger partial charge in [0.1, 0.15) is 12.0 Å². The predicted octanol–water partition coefficient (Wildman–Crippen LogP) is 3.39. The smallest absolute Gasteiger partial charge is 0.269 e. The average Bonchev–Trinajstić information content (AvgIpc) is 2.67. The lowest BCUT2D eigenvalue weighted by Gasteiger charge is -2.13. The summed E-state index contributed by atoms with van der Waals surface area (Å²) in [6, 6.07) is 14.7. The highest BCUT2D eigenvalue weighted by atomic mass is 35.5. The minimum atomic E-state index is -0.293. The van der Waals surface area contributed by atoms with Gasteiger partial charge >= 0.3 is 0 Å². The Labute approximate surface area is 162 Å². The molecule has 0 saturated carbocycles. The second kappa shape index (κ2) is 8.37. The number of aromatic nitrogens is 2. The highest BCUT2D eigenvalue weighted by molar-refractivity contribution is 6.31. The van der Waals surface area contributed by atoms with Crippen molar-refractivity contribution in [2.75, 3.05) is 16.5 Å². The van der Waals surface area contributed by atoms with Crippen LogP contribution in [0.5, 0.6) is 0 Å². The number of aryl methyl sites for hydroxylation is 1. The van der Waals surface area contributed by atoms with E-state index in [1.165, 1.54) is 6.33 Å². The molecule has 0 bridgehead atoms. The number of rotatable bonds is 6. The van der Waals surface area contributed by atoms with Crippen molar-refractivity contribution in [3.63, 3.8) is 0 Å². The van der Waals surface area contributed by atoms with Crippen LogP contribution in [0.4, 0.5) is 17.3 Å². The first-order chi connectivity index (χ1) is 13.0. The standard InChI is InChI=1S/C19H19ClN6O/c1-12-6-8-13(9-7-12)19(27)26-25-18-16(21)17(23-11-24-18)22-10-14-4-2-3-5-15(14)20/h2-9,11H,10,21H2,1H3,(H,26,27)(H2,22,23,24,25). The van der Waals surface area contributed by atoms with E-state index >= 15 is 0 Å². The quantitative estimate of drug-likeness (QED) is 0.487. The summed E-state index contributed by atoms with van der Waals surface area (Å²) >= 11 is 6.15. The van der Waals surface area contributed by atoms with Gasteiger partial charge in [-0.05, 0) is 30.7 Å². The first-order valence-corrected chi connectivity index (χ1v) is 8.63. The van der Waals surface area contributed by atoms with Crippen LogP contribution in [0.3, 0.4) is 0 Å². The monoisotopic (exact) mass is 382 g/mol. The van der Waals surface area contributed by atoms with Crippen LogP contribution in [0, 0.1) is 6.92 Å². The van der Waals surface area contributed by atoms with Crippen molar-refractivity contribution in [3.05, 3.63) is 76.6 Å². The Morgan fingerprint density at radius 2 is 1.78 bits per heavy atom. The fourth-order valence-electron chi connectivity index (χ4n) is 2.35. The van der Waals surface area contributed by atoms with Gasteiger partial charge in [-0.1, -0.05) is 47.5 Å². The molecule has 0 unspecified atom stereocenters. The normalized spacial score (nSPS) is 10.3. The van der Waals surface area contributed by atoms with E-state index in [9.17, 15) is 4.79 Å². The highest BCUT2D eigenvalue weighted by Gasteiger charge is 2.10. The van der Waals surface area contributed by atoms with Crippen LogP contribution < -0.4 is 21.9 Å². The van der Waals surface area contributed by atoms with Crippen molar-refractivity contribution in [2.24, 2.45) is 0 Å². The fraction of sp³-hybridized carbons (Fsp3) is 0.105. The Kier molecular flexibility index (Phi) is 5.73. The van der Waals surface area contributed by atoms with Gasteiger partial charge in [0.15, 0.2) is 11.6 Å². The maximum Gasteiger partial charge on any atom is 0.269 e. The van der Waals surface area contributed by atoms with Crippen LogP contribution in [0.25, 0.3) is 0 Å². The van der Waals surface area contributed by atoms with Crippen LogP contribution in [-0.4, -0.2) is 15.9 Å². The number of amides is 1. The third-order valence-electron chi connectivity index (χ3n) is 3.90. The Morgan fingerprint density at radius 3 is 2.52 bits per heavy atom. The minimum Gasteiger partial charge on any atom is -0.393 e. The van der Waals surface area contributed by atoms with Crippen LogP contribution in [0.2, 0.25) is 5.02 Å². The van der Waals surface area contributed by atoms with Crippen LogP contribution in [0.15, 0.2) is 54.9 Å². The van der Waals surface area contributed by atoms with E-state index in [0.29, 0.717) is 28.8 Å². The fourth-order valence-corrected chi connectivity index (χ4v) is 2.55. The number of carbonyl (C=O) groups is 1. The molecule has 1 aromatic heterocycles. The third-order valence-corrected chi connectivity index (χ3v) is 4.26. The van der Waals surface area contributed by atoms with Gasteiger partial charge in [0.2, 0.25) is 0 Å². The van der Waals surface area contributed by atoms with Gasteiger partial charge in [0.25, 0.3) is 5.91 Å². The average molecular weight is 383 g/mol. The van der Waals surface area contributed by atoms with Gasteiger partial charge in [-0.15, -0.1) is 0 Å². The van der Waals surface area contributed by atoms with Crippen molar-refractivity contribution in [1.29, 1.82) is 0 Å². The number of nitrogens with two attached hydrogens (primary N) is 1. The highest BCUT2D eigenvalue weighted by Crippen LogP contribution is 2.23. The SMILES string of the molecule is Cc1ccc(C(=O)NNc2ncnc(NCc3ccccc3Cl)c2N)cc1. The molecule has 1 amide bonds. The molecule has 0 aliphatic carbocycles. The van der Waals surface area contributed by atoms with E-state index in [1.807, 2.05) is 43.3 Å². The lowest BCUT2D eigenvalue weighted by Crippen LogP contribution is -2.30. The summed E-state index contributed by atoms with van der Waals surface area (Å²) in [6.45, 7) is 2.41. The van der Waals surface area contributed by atoms with E-state index in [0.717, 1.165) is 11.1 Å². The number of nitrogens with one attached hydrogen (secondary N) is 3. The Hall–Kier alpha value is -3.32. The second-order valence-electron chi connectivity index (χ2n) is 5.87. The Balaban J connectivity index is 1.65. The number of hydrogen-bond acceptors (Lipinski definition) is 6. The Morgan fingerprint density at radius 1 is 1.07 bits per heavy atom. The van der Waals surface area contributed by atoms with E-state index in [2.05, 4.69) is 26.1 Å². The molecule has 0 fully saturated rings. The maximum atomic E-state index is 12.2. The Bertz CT molecular complexity index is 945. The van der Waals surface area contributed by atoms with Gasteiger partial charge in [-0.2, -0.15) is 0 Å². The number of carbonyl (C=O) groups excluding carboxylic acids is 1. The van der Waals surface area contributed by atoms with Crippen molar-refractivity contribution in [3.8, 4) is 0 Å². The maximum absolute atomic E-state index is 12.2. The largest absolute Gasteiger partial charge is 0.393 e. The molecule has 0 aliphatic rings. The zero-order valence-corrected chi connectivity index (χ0v) is 15.4. The molecular weight excluding hydrogens is 364 g/mol. The molecular formula is C19H19ClN6O. The number of nitrogens with zero attached hydrogens (tertiary/aromatic N) is 2. The molecule has 7 nitrogen and oxygen atoms in total. The lowest BCUT2D eigenvalue weighted by molar-refractivity contribution is 0.0962. The minimum absolute atomic E-state index is 0.286. The van der Waals surface area contributed by atoms with Gasteiger partial charge in [-0.3, -0.25) is 15.6 Å². The molecule has 0 radical (unpaired) electrons. The van der Waals surface area contributed by atoms with E-state index in [-0.39, 0.29) is 11.6 Å². The molecule has 138 valence electrons. The number of hydrogen-bond donors (Lipinski definition) is 4. The van der Waals surface area contributed by atoms with Gasteiger partial charge < -0.3 is 11.1 Å². The molecule has 0 saturated heterocycles. The molecule has 8 heteroatoms. The topological polar surface area (TPSA) is 105 Å². The van der Waals surface area contributed by atoms with E-state index < -0.39 is 0 Å². The molecule has 5 N–H and O–H groups in total. The number of hydrazine groups is 1. The predicted molar refractivity (Wildman–Crippen MR) is 107 cm³/mol. The molecule has 0 spiro atoms. The summed E-state index contributed by atoms with van der Waals surface area (Å²) < 4.78 is 0. The van der Waals surface area contributed by atoms with Crippen molar-refractivity contribution >= 4 is 34.8 Å². The van der Waals surface area contributed by atoms with E-state index in [1.54, 1.807) is 12.1 Å². The van der Waals surface area contributed by atoms with Crippen LogP contribution >= 0.6 is 11.6 Å². The molecule has 2 aromatic carbocycles. The summed E-state index contributed by atoms with van der Waals surface area (Å²) in [6.07, 6.45) is 1.35. The first kappa shape index (κ1) is 18.5. The summed E-state index contributed by atoms with van der Waals surface area (Å²) in [5, 5.41) is 3.78. The number of nitrogen functional groups attached to an aromatic ring is 1. The zero-order chi connectivity index (χ0) is 19.2. The van der Waals surface area contributed by atoms with Gasteiger partial charge in [0.05, 0.1) is 0 Å². The van der Waals surface area contributed by atoms with Crippen molar-refractivity contribution in [2.45, 2.75) is 13.5 Å². The van der Waals surface area contributed by atoms with Crippen LogP contribution in [0.1, 0.15) is 21.5 Å². The van der Waals surface area contributed by atoms with Gasteiger partial charge in [0, 0.05) is 17.1 Å². The van der Waals surface area contributed by atoms with Crippen molar-refractivity contribution < 1.29 is 4.79 Å². The van der Waals surface area contributed by atoms with Crippen molar-refractivity contribution in [1.82, 2.24) is 15.4 Å². The third kappa shape index (κ3) is 4.65. The molecule has 3 rings (SSSR count). The van der Waals surface area contributed by atoms with E-state index in [4.69, 9.17) is 17.3 Å². The molecule has 3 aromatic rings. The zero-order valence-electron chi connectivity index (χ0n) is 14.7. The second-order valence-corrected chi connectivity index (χ2v) is 6.28. The molecule has 27 heavy (non-hydrogen) atoms. The molecule has 0 aliphatic heterocycles. The summed E-state index contributed by atoms with van der Waals surface area (Å²) in [5.41, 5.74) is 14.2. The lowest BCUT2D eigenvalue weighted by atomic mass is 10.1. The number of anilines is 3. The molecule has 1 heterocycles. The molecule has 0 atom stereocenters. The summed E-state index contributed by atoms with van der Waals surface area (Å²) in [5.74, 6) is 0.447. The first-order valence-electron chi connectivity index (χ1n) is 8.25. The van der Waals surface area contributed by atoms with Gasteiger partial charge in [-0.25, -0.2) is 9.97 Å². The summed E-state index contributed by atoms with van der Waals surface area (Å²) in [4.78, 5) is 20.4.